The Morgan fingerprint density at radius 2 is 2.23 bits per heavy atom. The molecule has 146 valence electrons. The third-order valence-corrected chi connectivity index (χ3v) is 5.60. The summed E-state index contributed by atoms with van der Waals surface area (Å²) in [5.74, 6) is 0.902. The fourth-order valence-electron chi connectivity index (χ4n) is 3.33. The predicted octanol–water partition coefficient (Wildman–Crippen LogP) is 2.88. The Labute approximate surface area is 163 Å². The summed E-state index contributed by atoms with van der Waals surface area (Å²) in [6, 6.07) is 7.16. The van der Waals surface area contributed by atoms with Gasteiger partial charge in [0.15, 0.2) is 5.96 Å². The van der Waals surface area contributed by atoms with Crippen LogP contribution in [0.25, 0.3) is 0 Å². The summed E-state index contributed by atoms with van der Waals surface area (Å²) in [6.07, 6.45) is 4.63. The van der Waals surface area contributed by atoms with Crippen LogP contribution >= 0.6 is 11.8 Å². The van der Waals surface area contributed by atoms with Crippen molar-refractivity contribution in [3.8, 4) is 0 Å². The molecular weight excluding hydrogens is 344 g/mol. The van der Waals surface area contributed by atoms with Gasteiger partial charge in [-0.05, 0) is 56.7 Å². The summed E-state index contributed by atoms with van der Waals surface area (Å²) >= 11 is 1.79. The van der Waals surface area contributed by atoms with Gasteiger partial charge >= 0.3 is 0 Å². The van der Waals surface area contributed by atoms with Crippen molar-refractivity contribution in [2.24, 2.45) is 4.99 Å². The lowest BCUT2D eigenvalue weighted by atomic mass is 10.1. The van der Waals surface area contributed by atoms with Gasteiger partial charge in [0, 0.05) is 37.7 Å². The van der Waals surface area contributed by atoms with Crippen LogP contribution in [0.2, 0.25) is 0 Å². The molecule has 0 aromatic heterocycles. The Balaban J connectivity index is 1.94. The largest absolute Gasteiger partial charge is 0.383 e. The summed E-state index contributed by atoms with van der Waals surface area (Å²) in [5, 5.41) is 6.91. The van der Waals surface area contributed by atoms with Crippen molar-refractivity contribution in [2.45, 2.75) is 44.2 Å². The summed E-state index contributed by atoms with van der Waals surface area (Å²) in [5.41, 5.74) is 2.58. The molecule has 1 unspecified atom stereocenters. The Morgan fingerprint density at radius 1 is 1.38 bits per heavy atom. The normalized spacial score (nSPS) is 18.3. The van der Waals surface area contributed by atoms with Crippen LogP contribution in [0.1, 0.15) is 30.9 Å². The molecule has 1 atom stereocenters. The molecule has 0 bridgehead atoms. The number of aryl methyl sites for hydroxylation is 1. The number of likely N-dealkylation sites (tertiary alicyclic amines) is 1. The molecule has 0 spiro atoms. The number of thioether (sulfide) groups is 1. The van der Waals surface area contributed by atoms with E-state index in [1.807, 2.05) is 0 Å². The third-order valence-electron chi connectivity index (χ3n) is 4.78. The monoisotopic (exact) mass is 378 g/mol. The number of rotatable bonds is 9. The zero-order valence-corrected chi connectivity index (χ0v) is 17.5. The summed E-state index contributed by atoms with van der Waals surface area (Å²) in [7, 11) is 1.77. The van der Waals surface area contributed by atoms with Gasteiger partial charge < -0.3 is 15.4 Å². The fraction of sp³-hybridized carbons (Fsp3) is 0.650. The molecule has 1 aliphatic heterocycles. The van der Waals surface area contributed by atoms with Crippen molar-refractivity contribution in [3.63, 3.8) is 0 Å². The first-order valence-corrected chi connectivity index (χ1v) is 10.8. The van der Waals surface area contributed by atoms with E-state index in [2.05, 4.69) is 53.8 Å². The number of hydrogen-bond acceptors (Lipinski definition) is 4. The van der Waals surface area contributed by atoms with Crippen LogP contribution in [0.3, 0.4) is 0 Å². The number of nitrogens with one attached hydrogen (secondary N) is 2. The van der Waals surface area contributed by atoms with E-state index in [0.717, 1.165) is 32.2 Å². The number of methoxy groups -OCH3 is 1. The van der Waals surface area contributed by atoms with Crippen molar-refractivity contribution in [2.75, 3.05) is 46.2 Å². The average Bonchev–Trinajstić information content (AvgIpc) is 3.10. The maximum atomic E-state index is 5.23. The standard InChI is InChI=1S/C20H34N4OS/c1-5-21-20(22-14-17-9-8-16(2)13-19(17)26-4)23-15-18-7-6-10-24(18)11-12-25-3/h8-9,13,18H,5-7,10-12,14-15H2,1-4H3,(H2,21,22,23). The van der Waals surface area contributed by atoms with Gasteiger partial charge in [-0.25, -0.2) is 4.99 Å². The van der Waals surface area contributed by atoms with E-state index in [4.69, 9.17) is 9.73 Å². The quantitative estimate of drug-likeness (QED) is 0.393. The fourth-order valence-corrected chi connectivity index (χ4v) is 4.03. The minimum atomic E-state index is 0.565. The molecule has 2 N–H and O–H groups in total. The maximum absolute atomic E-state index is 5.23. The first kappa shape index (κ1) is 21.1. The van der Waals surface area contributed by atoms with Crippen LogP contribution in [0.4, 0.5) is 0 Å². The highest BCUT2D eigenvalue weighted by Crippen LogP contribution is 2.22. The molecule has 1 aromatic carbocycles. The molecule has 6 heteroatoms. The third kappa shape index (κ3) is 6.49. The molecule has 0 aliphatic carbocycles. The minimum Gasteiger partial charge on any atom is -0.383 e. The zero-order valence-electron chi connectivity index (χ0n) is 16.7. The van der Waals surface area contributed by atoms with Gasteiger partial charge in [-0.1, -0.05) is 12.1 Å². The van der Waals surface area contributed by atoms with Crippen molar-refractivity contribution < 1.29 is 4.74 Å². The number of aliphatic imine (C=N–C) groups is 1. The molecule has 26 heavy (non-hydrogen) atoms. The van der Waals surface area contributed by atoms with E-state index >= 15 is 0 Å². The van der Waals surface area contributed by atoms with Gasteiger partial charge in [0.05, 0.1) is 13.2 Å². The number of nitrogens with zero attached hydrogens (tertiary/aromatic N) is 2. The first-order valence-electron chi connectivity index (χ1n) is 9.56. The van der Waals surface area contributed by atoms with Crippen molar-refractivity contribution in [1.82, 2.24) is 15.5 Å². The lowest BCUT2D eigenvalue weighted by Gasteiger charge is -2.25. The van der Waals surface area contributed by atoms with Crippen LogP contribution in [0, 0.1) is 6.92 Å². The van der Waals surface area contributed by atoms with E-state index in [0.29, 0.717) is 12.6 Å². The Bertz CT molecular complexity index is 579. The second-order valence-corrected chi connectivity index (χ2v) is 7.56. The second-order valence-electron chi connectivity index (χ2n) is 6.72. The molecule has 0 saturated carbocycles. The lowest BCUT2D eigenvalue weighted by molar-refractivity contribution is 0.141. The van der Waals surface area contributed by atoms with Crippen molar-refractivity contribution in [3.05, 3.63) is 29.3 Å². The molecule has 5 nitrogen and oxygen atoms in total. The minimum absolute atomic E-state index is 0.565. The van der Waals surface area contributed by atoms with Gasteiger partial charge in [-0.3, -0.25) is 4.90 Å². The highest BCUT2D eigenvalue weighted by Gasteiger charge is 2.23. The van der Waals surface area contributed by atoms with E-state index in [-0.39, 0.29) is 0 Å². The highest BCUT2D eigenvalue weighted by molar-refractivity contribution is 7.98. The van der Waals surface area contributed by atoms with Gasteiger partial charge in [-0.2, -0.15) is 0 Å². The molecule has 0 amide bonds. The van der Waals surface area contributed by atoms with E-state index in [9.17, 15) is 0 Å². The number of ether oxygens (including phenoxy) is 1. The average molecular weight is 379 g/mol. The number of guanidine groups is 1. The van der Waals surface area contributed by atoms with Crippen LogP contribution in [-0.2, 0) is 11.3 Å². The maximum Gasteiger partial charge on any atom is 0.191 e. The van der Waals surface area contributed by atoms with E-state index in [1.54, 1.807) is 18.9 Å². The lowest BCUT2D eigenvalue weighted by Crippen LogP contribution is -2.45. The number of hydrogen-bond donors (Lipinski definition) is 2. The molecule has 1 aromatic rings. The molecular formula is C20H34N4OS. The summed E-state index contributed by atoms with van der Waals surface area (Å²) in [4.78, 5) is 8.64. The van der Waals surface area contributed by atoms with Crippen LogP contribution in [0.15, 0.2) is 28.1 Å². The molecule has 0 radical (unpaired) electrons. The summed E-state index contributed by atoms with van der Waals surface area (Å²) < 4.78 is 5.23. The SMILES string of the molecule is CCNC(=NCc1ccc(C)cc1SC)NCC1CCCN1CCOC. The van der Waals surface area contributed by atoms with Crippen molar-refractivity contribution >= 4 is 17.7 Å². The smallest absolute Gasteiger partial charge is 0.191 e. The van der Waals surface area contributed by atoms with Gasteiger partial charge in [0.25, 0.3) is 0 Å². The van der Waals surface area contributed by atoms with E-state index in [1.165, 1.54) is 35.4 Å². The van der Waals surface area contributed by atoms with Gasteiger partial charge in [-0.15, -0.1) is 11.8 Å². The molecule has 1 saturated heterocycles. The molecule has 1 aliphatic rings. The van der Waals surface area contributed by atoms with Crippen molar-refractivity contribution in [1.29, 1.82) is 0 Å². The van der Waals surface area contributed by atoms with Crippen LogP contribution < -0.4 is 10.6 Å². The number of benzene rings is 1. The highest BCUT2D eigenvalue weighted by atomic mass is 32.2. The Hall–Kier alpha value is -1.24. The zero-order chi connectivity index (χ0) is 18.8. The van der Waals surface area contributed by atoms with Gasteiger partial charge in [0.1, 0.15) is 0 Å². The van der Waals surface area contributed by atoms with Gasteiger partial charge in [0.2, 0.25) is 0 Å². The molecule has 2 rings (SSSR count). The second kappa shape index (κ2) is 11.5. The van der Waals surface area contributed by atoms with Crippen LogP contribution in [-0.4, -0.2) is 63.1 Å². The first-order chi connectivity index (χ1) is 12.7. The molecule has 1 fully saturated rings. The Kier molecular flexibility index (Phi) is 9.29. The van der Waals surface area contributed by atoms with Crippen LogP contribution in [0.5, 0.6) is 0 Å². The predicted molar refractivity (Wildman–Crippen MR) is 112 cm³/mol. The Morgan fingerprint density at radius 3 is 2.96 bits per heavy atom. The summed E-state index contributed by atoms with van der Waals surface area (Å²) in [6.45, 7) is 9.72. The topological polar surface area (TPSA) is 48.9 Å². The van der Waals surface area contributed by atoms with E-state index < -0.39 is 0 Å². The molecule has 1 heterocycles.